The number of hydrogen-bond donors (Lipinski definition) is 2. The Hall–Kier alpha value is -0.120. The molecule has 0 aromatic carbocycles. The number of rotatable bonds is 1. The van der Waals surface area contributed by atoms with E-state index < -0.39 is 6.10 Å². The topological polar surface area (TPSA) is 49.7 Å². The third-order valence-electron chi connectivity index (χ3n) is 1.96. The predicted molar refractivity (Wildman–Crippen MR) is 40.9 cm³/mol. The van der Waals surface area contributed by atoms with Gasteiger partial charge < -0.3 is 14.9 Å². The normalized spacial score (nSPS) is 40.1. The molecule has 3 nitrogen and oxygen atoms in total. The van der Waals surface area contributed by atoms with Crippen molar-refractivity contribution in [3.8, 4) is 0 Å². The van der Waals surface area contributed by atoms with Crippen LogP contribution in [0.4, 0.5) is 0 Å². The largest absolute Gasteiger partial charge is 0.396 e. The first-order chi connectivity index (χ1) is 5.24. The molecule has 0 amide bonds. The lowest BCUT2D eigenvalue weighted by atomic mass is 9.97. The van der Waals surface area contributed by atoms with E-state index in [-0.39, 0.29) is 18.4 Å². The van der Waals surface area contributed by atoms with E-state index in [1.807, 2.05) is 13.3 Å². The number of aliphatic hydroxyl groups excluding tert-OH is 2. The Morgan fingerprint density at radius 1 is 1.55 bits per heavy atom. The van der Waals surface area contributed by atoms with Crippen molar-refractivity contribution in [3.05, 3.63) is 6.42 Å². The SMILES string of the molecule is C[C@H]1[CH][C@@H](O)[C@@H](CO)COC1. The standard InChI is InChI=1S/C8H15O3/c1-6-2-8(10)7(3-9)5-11-4-6/h2,6-10H,3-5H2,1H3/t6-,7-,8+/m0/s1. The maximum Gasteiger partial charge on any atom is 0.0647 e. The van der Waals surface area contributed by atoms with Crippen molar-refractivity contribution < 1.29 is 14.9 Å². The average molecular weight is 159 g/mol. The van der Waals surface area contributed by atoms with Crippen LogP contribution in [0, 0.1) is 18.3 Å². The van der Waals surface area contributed by atoms with Gasteiger partial charge in [-0.15, -0.1) is 0 Å². The van der Waals surface area contributed by atoms with E-state index in [2.05, 4.69) is 0 Å². The molecule has 0 spiro atoms. The van der Waals surface area contributed by atoms with Crippen LogP contribution < -0.4 is 0 Å². The predicted octanol–water partition coefficient (Wildman–Crippen LogP) is -0.174. The minimum atomic E-state index is -0.516. The Morgan fingerprint density at radius 3 is 2.91 bits per heavy atom. The Morgan fingerprint density at radius 2 is 2.27 bits per heavy atom. The molecule has 1 heterocycles. The van der Waals surface area contributed by atoms with Gasteiger partial charge in [0.25, 0.3) is 0 Å². The summed E-state index contributed by atoms with van der Waals surface area (Å²) in [5.41, 5.74) is 0. The molecule has 1 aliphatic heterocycles. The van der Waals surface area contributed by atoms with Gasteiger partial charge >= 0.3 is 0 Å². The third kappa shape index (κ3) is 2.43. The number of aliphatic hydroxyl groups is 2. The fraction of sp³-hybridized carbons (Fsp3) is 0.875. The van der Waals surface area contributed by atoms with Gasteiger partial charge in [0.2, 0.25) is 0 Å². The van der Waals surface area contributed by atoms with Crippen molar-refractivity contribution >= 4 is 0 Å². The van der Waals surface area contributed by atoms with Gasteiger partial charge in [-0.2, -0.15) is 0 Å². The van der Waals surface area contributed by atoms with Gasteiger partial charge in [-0.3, -0.25) is 0 Å². The van der Waals surface area contributed by atoms with Crippen LogP contribution in [0.15, 0.2) is 0 Å². The van der Waals surface area contributed by atoms with E-state index in [0.717, 1.165) is 0 Å². The Kier molecular flexibility index (Phi) is 3.30. The van der Waals surface area contributed by atoms with Crippen molar-refractivity contribution in [3.63, 3.8) is 0 Å². The first-order valence-corrected chi connectivity index (χ1v) is 3.95. The summed E-state index contributed by atoms with van der Waals surface area (Å²) in [7, 11) is 0. The van der Waals surface area contributed by atoms with Gasteiger partial charge in [0.1, 0.15) is 0 Å². The van der Waals surface area contributed by atoms with Crippen LogP contribution in [0.2, 0.25) is 0 Å². The molecule has 0 bridgehead atoms. The quantitative estimate of drug-likeness (QED) is 0.558. The van der Waals surface area contributed by atoms with Gasteiger partial charge in [0.05, 0.1) is 19.3 Å². The van der Waals surface area contributed by atoms with Crippen LogP contribution in [0.5, 0.6) is 0 Å². The zero-order valence-corrected chi connectivity index (χ0v) is 6.73. The molecule has 0 unspecified atom stereocenters. The van der Waals surface area contributed by atoms with Crippen molar-refractivity contribution in [2.24, 2.45) is 11.8 Å². The molecule has 11 heavy (non-hydrogen) atoms. The van der Waals surface area contributed by atoms with Gasteiger partial charge in [-0.05, 0) is 12.3 Å². The maximum absolute atomic E-state index is 9.42. The summed E-state index contributed by atoms with van der Waals surface area (Å²) in [6.45, 7) is 3.08. The van der Waals surface area contributed by atoms with Crippen LogP contribution in [0.1, 0.15) is 6.92 Å². The smallest absolute Gasteiger partial charge is 0.0647 e. The molecule has 2 N–H and O–H groups in total. The van der Waals surface area contributed by atoms with Gasteiger partial charge in [0.15, 0.2) is 0 Å². The van der Waals surface area contributed by atoms with E-state index in [9.17, 15) is 5.11 Å². The molecule has 1 saturated heterocycles. The average Bonchev–Trinajstić information content (AvgIpc) is 2.11. The Balaban J connectivity index is 2.43. The summed E-state index contributed by atoms with van der Waals surface area (Å²) < 4.78 is 5.23. The first-order valence-electron chi connectivity index (χ1n) is 3.95. The van der Waals surface area contributed by atoms with E-state index in [4.69, 9.17) is 9.84 Å². The molecule has 0 aromatic heterocycles. The molecule has 0 saturated carbocycles. The van der Waals surface area contributed by atoms with Crippen LogP contribution in [-0.4, -0.2) is 36.1 Å². The van der Waals surface area contributed by atoms with Gasteiger partial charge in [-0.1, -0.05) is 6.92 Å². The fourth-order valence-corrected chi connectivity index (χ4v) is 1.21. The van der Waals surface area contributed by atoms with E-state index in [1.54, 1.807) is 0 Å². The molecule has 0 aromatic rings. The zero-order chi connectivity index (χ0) is 8.27. The molecule has 0 aliphatic carbocycles. The molecule has 1 rings (SSSR count). The lowest BCUT2D eigenvalue weighted by molar-refractivity contribution is 0.0340. The Bertz CT molecular complexity index is 116. The summed E-state index contributed by atoms with van der Waals surface area (Å²) in [6, 6.07) is 0. The zero-order valence-electron chi connectivity index (χ0n) is 6.73. The second kappa shape index (κ2) is 4.04. The summed E-state index contributed by atoms with van der Waals surface area (Å²) in [6.07, 6.45) is 1.31. The van der Waals surface area contributed by atoms with Crippen molar-refractivity contribution in [1.82, 2.24) is 0 Å². The lowest BCUT2D eigenvalue weighted by Gasteiger charge is -2.16. The highest BCUT2D eigenvalue weighted by Gasteiger charge is 2.24. The molecule has 1 fully saturated rings. The second-order valence-corrected chi connectivity index (χ2v) is 3.14. The van der Waals surface area contributed by atoms with Crippen LogP contribution in [0.3, 0.4) is 0 Å². The van der Waals surface area contributed by atoms with Gasteiger partial charge in [-0.25, -0.2) is 0 Å². The monoisotopic (exact) mass is 159 g/mol. The minimum absolute atomic E-state index is 0.00954. The highest BCUT2D eigenvalue weighted by molar-refractivity contribution is 4.87. The van der Waals surface area contributed by atoms with Crippen molar-refractivity contribution in [2.75, 3.05) is 19.8 Å². The lowest BCUT2D eigenvalue weighted by Crippen LogP contribution is -2.26. The molecule has 3 heteroatoms. The molecule has 1 radical (unpaired) electrons. The molecule has 65 valence electrons. The summed E-state index contributed by atoms with van der Waals surface area (Å²) in [4.78, 5) is 0. The van der Waals surface area contributed by atoms with Crippen molar-refractivity contribution in [2.45, 2.75) is 13.0 Å². The van der Waals surface area contributed by atoms with Crippen LogP contribution in [0.25, 0.3) is 0 Å². The minimum Gasteiger partial charge on any atom is -0.396 e. The summed E-state index contributed by atoms with van der Waals surface area (Å²) in [5, 5.41) is 18.2. The molecule has 1 aliphatic rings. The first kappa shape index (κ1) is 8.97. The Labute approximate surface area is 67.0 Å². The molecule has 3 atom stereocenters. The van der Waals surface area contributed by atoms with Crippen LogP contribution in [-0.2, 0) is 4.74 Å². The third-order valence-corrected chi connectivity index (χ3v) is 1.96. The highest BCUT2D eigenvalue weighted by atomic mass is 16.5. The van der Waals surface area contributed by atoms with Gasteiger partial charge in [0, 0.05) is 12.5 Å². The van der Waals surface area contributed by atoms with Crippen molar-refractivity contribution in [1.29, 1.82) is 0 Å². The maximum atomic E-state index is 9.42. The number of ether oxygens (including phenoxy) is 1. The summed E-state index contributed by atoms with van der Waals surface area (Å²) >= 11 is 0. The van der Waals surface area contributed by atoms with E-state index in [1.165, 1.54) is 0 Å². The van der Waals surface area contributed by atoms with Crippen LogP contribution >= 0.6 is 0 Å². The number of hydrogen-bond acceptors (Lipinski definition) is 3. The van der Waals surface area contributed by atoms with E-state index >= 15 is 0 Å². The van der Waals surface area contributed by atoms with E-state index in [0.29, 0.717) is 13.2 Å². The highest BCUT2D eigenvalue weighted by Crippen LogP contribution is 2.17. The summed E-state index contributed by atoms with van der Waals surface area (Å²) in [5.74, 6) is 0.140. The molecular formula is C8H15O3. The second-order valence-electron chi connectivity index (χ2n) is 3.14. The molecular weight excluding hydrogens is 144 g/mol. The fourth-order valence-electron chi connectivity index (χ4n) is 1.21.